The fourth-order valence-electron chi connectivity index (χ4n) is 1.80. The van der Waals surface area contributed by atoms with Gasteiger partial charge in [0, 0.05) is 12.7 Å². The number of nitriles is 1. The van der Waals surface area contributed by atoms with Crippen LogP contribution < -0.4 is 5.32 Å². The molecule has 1 fully saturated rings. The molecule has 1 saturated heterocycles. The molecule has 2 rings (SSSR count). The van der Waals surface area contributed by atoms with Gasteiger partial charge in [0.1, 0.15) is 11.1 Å². The predicted molar refractivity (Wildman–Crippen MR) is 61.3 cm³/mol. The average Bonchev–Trinajstić information content (AvgIpc) is 2.39. The van der Waals surface area contributed by atoms with Crippen LogP contribution in [0.1, 0.15) is 18.4 Å². The summed E-state index contributed by atoms with van der Waals surface area (Å²) in [6.45, 7) is 1.73. The molecule has 0 unspecified atom stereocenters. The molecule has 0 radical (unpaired) electrons. The summed E-state index contributed by atoms with van der Waals surface area (Å²) in [5.41, 5.74) is 0.423. The van der Waals surface area contributed by atoms with Crippen LogP contribution in [-0.2, 0) is 10.8 Å². The maximum absolute atomic E-state index is 12.2. The number of rotatable bonds is 2. The second kappa shape index (κ2) is 5.19. The van der Waals surface area contributed by atoms with Crippen molar-refractivity contribution >= 4 is 10.8 Å². The quantitative estimate of drug-likeness (QED) is 0.824. The lowest BCUT2D eigenvalue weighted by Gasteiger charge is -2.21. The van der Waals surface area contributed by atoms with Gasteiger partial charge < -0.3 is 5.32 Å². The van der Waals surface area contributed by atoms with Crippen molar-refractivity contribution in [3.8, 4) is 6.07 Å². The standard InChI is InChI=1S/C11H13N3OS/c12-7-9-3-1-6-14-11(9)16(15)10-4-2-5-13-8-10/h1,3,6,10,13H,2,4-5,8H2/t10-,16+/m0/s1. The van der Waals surface area contributed by atoms with Crippen molar-refractivity contribution in [2.24, 2.45) is 0 Å². The Morgan fingerprint density at radius 2 is 2.50 bits per heavy atom. The summed E-state index contributed by atoms with van der Waals surface area (Å²) in [6.07, 6.45) is 3.55. The van der Waals surface area contributed by atoms with E-state index < -0.39 is 10.8 Å². The Kier molecular flexibility index (Phi) is 3.65. The van der Waals surface area contributed by atoms with Crippen molar-refractivity contribution in [1.82, 2.24) is 10.3 Å². The van der Waals surface area contributed by atoms with E-state index in [1.165, 1.54) is 0 Å². The lowest BCUT2D eigenvalue weighted by Crippen LogP contribution is -2.36. The molecule has 1 aliphatic heterocycles. The lowest BCUT2D eigenvalue weighted by molar-refractivity contribution is 0.519. The average molecular weight is 235 g/mol. The molecule has 0 saturated carbocycles. The molecule has 0 aliphatic carbocycles. The van der Waals surface area contributed by atoms with Crippen LogP contribution in [0.4, 0.5) is 0 Å². The smallest absolute Gasteiger partial charge is 0.145 e. The number of pyridine rings is 1. The third kappa shape index (κ3) is 2.29. The number of hydrogen-bond donors (Lipinski definition) is 1. The van der Waals surface area contributed by atoms with Gasteiger partial charge in [0.15, 0.2) is 0 Å². The Labute approximate surface area is 97.2 Å². The highest BCUT2D eigenvalue weighted by Crippen LogP contribution is 2.17. The molecule has 4 nitrogen and oxygen atoms in total. The molecular formula is C11H13N3OS. The van der Waals surface area contributed by atoms with Gasteiger partial charge in [-0.1, -0.05) is 0 Å². The molecule has 2 heterocycles. The first kappa shape index (κ1) is 11.2. The Morgan fingerprint density at radius 3 is 3.19 bits per heavy atom. The van der Waals surface area contributed by atoms with Gasteiger partial charge >= 0.3 is 0 Å². The zero-order chi connectivity index (χ0) is 11.4. The highest BCUT2D eigenvalue weighted by atomic mass is 32.2. The van der Waals surface area contributed by atoms with Crippen molar-refractivity contribution in [1.29, 1.82) is 5.26 Å². The number of piperidine rings is 1. The van der Waals surface area contributed by atoms with E-state index in [9.17, 15) is 4.21 Å². The number of hydrogen-bond acceptors (Lipinski definition) is 4. The highest BCUT2D eigenvalue weighted by molar-refractivity contribution is 7.85. The zero-order valence-corrected chi connectivity index (χ0v) is 9.67. The molecule has 84 valence electrons. The molecule has 0 amide bonds. The van der Waals surface area contributed by atoms with E-state index in [0.29, 0.717) is 10.6 Å². The van der Waals surface area contributed by atoms with Crippen LogP contribution in [0.25, 0.3) is 0 Å². The SMILES string of the molecule is N#Cc1cccnc1[S@](=O)[C@H]1CCCNC1. The maximum atomic E-state index is 12.2. The van der Waals surface area contributed by atoms with E-state index in [-0.39, 0.29) is 5.25 Å². The van der Waals surface area contributed by atoms with Gasteiger partial charge in [-0.15, -0.1) is 0 Å². The van der Waals surface area contributed by atoms with Gasteiger partial charge in [-0.3, -0.25) is 4.21 Å². The zero-order valence-electron chi connectivity index (χ0n) is 8.85. The summed E-state index contributed by atoms with van der Waals surface area (Å²) in [6, 6.07) is 5.40. The van der Waals surface area contributed by atoms with Crippen molar-refractivity contribution in [2.75, 3.05) is 13.1 Å². The predicted octanol–water partition coefficient (Wildman–Crippen LogP) is 0.813. The third-order valence-corrected chi connectivity index (χ3v) is 4.35. The van der Waals surface area contributed by atoms with Crippen LogP contribution in [-0.4, -0.2) is 27.5 Å². The van der Waals surface area contributed by atoms with Crippen LogP contribution in [0, 0.1) is 11.3 Å². The fourth-order valence-corrected chi connectivity index (χ4v) is 3.26. The van der Waals surface area contributed by atoms with Gasteiger partial charge in [-0.25, -0.2) is 4.98 Å². The van der Waals surface area contributed by atoms with Crippen molar-refractivity contribution in [3.63, 3.8) is 0 Å². The summed E-state index contributed by atoms with van der Waals surface area (Å²) in [7, 11) is -1.18. The molecule has 2 atom stereocenters. The number of aromatic nitrogens is 1. The van der Waals surface area contributed by atoms with E-state index in [0.717, 1.165) is 25.9 Å². The number of nitrogens with zero attached hydrogens (tertiary/aromatic N) is 2. The summed E-state index contributed by atoms with van der Waals surface area (Å²) < 4.78 is 12.2. The largest absolute Gasteiger partial charge is 0.316 e. The summed E-state index contributed by atoms with van der Waals surface area (Å²) in [4.78, 5) is 4.07. The normalized spacial score (nSPS) is 22.3. The number of nitrogens with one attached hydrogen (secondary N) is 1. The Balaban J connectivity index is 2.23. The lowest BCUT2D eigenvalue weighted by atomic mass is 10.2. The summed E-state index contributed by atoms with van der Waals surface area (Å²) in [5, 5.41) is 12.7. The second-order valence-corrected chi connectivity index (χ2v) is 5.38. The van der Waals surface area contributed by atoms with Gasteiger partial charge in [-0.05, 0) is 31.5 Å². The monoisotopic (exact) mass is 235 g/mol. The molecule has 16 heavy (non-hydrogen) atoms. The van der Waals surface area contributed by atoms with E-state index in [2.05, 4.69) is 10.3 Å². The van der Waals surface area contributed by atoms with Crippen LogP contribution in [0.15, 0.2) is 23.4 Å². The summed E-state index contributed by atoms with van der Waals surface area (Å²) >= 11 is 0. The van der Waals surface area contributed by atoms with Gasteiger partial charge in [-0.2, -0.15) is 5.26 Å². The third-order valence-electron chi connectivity index (χ3n) is 2.64. The van der Waals surface area contributed by atoms with Gasteiger partial charge in [0.25, 0.3) is 0 Å². The minimum absolute atomic E-state index is 0.0794. The first-order valence-electron chi connectivity index (χ1n) is 5.29. The highest BCUT2D eigenvalue weighted by Gasteiger charge is 2.23. The van der Waals surface area contributed by atoms with Crippen LogP contribution in [0.3, 0.4) is 0 Å². The summed E-state index contributed by atoms with van der Waals surface area (Å²) in [5.74, 6) is 0. The minimum Gasteiger partial charge on any atom is -0.316 e. The molecule has 1 N–H and O–H groups in total. The van der Waals surface area contributed by atoms with Crippen molar-refractivity contribution in [3.05, 3.63) is 23.9 Å². The molecule has 5 heteroatoms. The first-order valence-corrected chi connectivity index (χ1v) is 6.50. The molecule has 0 spiro atoms. The van der Waals surface area contributed by atoms with E-state index >= 15 is 0 Å². The van der Waals surface area contributed by atoms with E-state index in [1.807, 2.05) is 6.07 Å². The second-order valence-electron chi connectivity index (χ2n) is 3.73. The van der Waals surface area contributed by atoms with Gasteiger partial charge in [0.05, 0.1) is 21.6 Å². The minimum atomic E-state index is -1.18. The first-order chi connectivity index (χ1) is 7.83. The topological polar surface area (TPSA) is 65.8 Å². The maximum Gasteiger partial charge on any atom is 0.145 e. The molecule has 1 aromatic heterocycles. The van der Waals surface area contributed by atoms with Crippen LogP contribution in [0.5, 0.6) is 0 Å². The molecule has 1 aromatic rings. The Hall–Kier alpha value is -1.25. The van der Waals surface area contributed by atoms with Crippen LogP contribution >= 0.6 is 0 Å². The van der Waals surface area contributed by atoms with E-state index in [1.54, 1.807) is 18.3 Å². The van der Waals surface area contributed by atoms with E-state index in [4.69, 9.17) is 5.26 Å². The van der Waals surface area contributed by atoms with Crippen molar-refractivity contribution in [2.45, 2.75) is 23.1 Å². The molecule has 1 aliphatic rings. The van der Waals surface area contributed by atoms with Crippen LogP contribution in [0.2, 0.25) is 0 Å². The fraction of sp³-hybridized carbons (Fsp3) is 0.455. The Morgan fingerprint density at radius 1 is 1.62 bits per heavy atom. The van der Waals surface area contributed by atoms with Crippen molar-refractivity contribution < 1.29 is 4.21 Å². The van der Waals surface area contributed by atoms with Gasteiger partial charge in [0.2, 0.25) is 0 Å². The molecule has 0 bridgehead atoms. The Bertz CT molecular complexity index is 435. The molecule has 0 aromatic carbocycles. The molecular weight excluding hydrogens is 222 g/mol.